The van der Waals surface area contributed by atoms with Gasteiger partial charge in [0.25, 0.3) is 5.56 Å². The smallest absolute Gasteiger partial charge is 0.338 e. The summed E-state index contributed by atoms with van der Waals surface area (Å²) in [4.78, 5) is 32.1. The maximum atomic E-state index is 13.9. The van der Waals surface area contributed by atoms with Gasteiger partial charge in [-0.3, -0.25) is 9.36 Å². The molecule has 194 valence electrons. The normalized spacial score (nSPS) is 15.4. The molecule has 0 bridgehead atoms. The van der Waals surface area contributed by atoms with Crippen molar-refractivity contribution in [3.63, 3.8) is 0 Å². The SMILES string of the molecule is CCOC(=O)C1=C(C)N=c2s/c(=C\c3cc(I)c(O)c(OC)c3)c(=O)n2[C@@H]1c1ccccc1OC(C)C. The molecular formula is C27H27IN2O6S. The van der Waals surface area contributed by atoms with Gasteiger partial charge in [0.2, 0.25) is 0 Å². The van der Waals surface area contributed by atoms with Crippen LogP contribution in [0.25, 0.3) is 6.08 Å². The summed E-state index contributed by atoms with van der Waals surface area (Å²) in [6.07, 6.45) is 1.62. The molecule has 0 fully saturated rings. The minimum atomic E-state index is -0.776. The minimum absolute atomic E-state index is 0.0400. The number of hydrogen-bond acceptors (Lipinski definition) is 8. The number of para-hydroxylation sites is 1. The van der Waals surface area contributed by atoms with Crippen molar-refractivity contribution in [2.45, 2.75) is 39.8 Å². The number of carbonyl (C=O) groups excluding carboxylic acids is 1. The summed E-state index contributed by atoms with van der Waals surface area (Å²) >= 11 is 3.24. The summed E-state index contributed by atoms with van der Waals surface area (Å²) in [5.74, 6) is 0.397. The van der Waals surface area contributed by atoms with Gasteiger partial charge in [-0.15, -0.1) is 0 Å². The van der Waals surface area contributed by atoms with Crippen molar-refractivity contribution < 1.29 is 24.1 Å². The third kappa shape index (κ3) is 5.30. The highest BCUT2D eigenvalue weighted by Gasteiger charge is 2.35. The van der Waals surface area contributed by atoms with Gasteiger partial charge in [0.1, 0.15) is 11.8 Å². The van der Waals surface area contributed by atoms with E-state index in [1.807, 2.05) is 60.7 Å². The van der Waals surface area contributed by atoms with Crippen LogP contribution in [0.1, 0.15) is 44.9 Å². The zero-order valence-corrected chi connectivity index (χ0v) is 24.0. The van der Waals surface area contributed by atoms with Crippen molar-refractivity contribution in [2.75, 3.05) is 13.7 Å². The predicted molar refractivity (Wildman–Crippen MR) is 150 cm³/mol. The number of phenols is 1. The van der Waals surface area contributed by atoms with Gasteiger partial charge in [0.15, 0.2) is 16.3 Å². The lowest BCUT2D eigenvalue weighted by Crippen LogP contribution is -2.40. The van der Waals surface area contributed by atoms with Gasteiger partial charge in [-0.1, -0.05) is 29.5 Å². The molecule has 2 heterocycles. The third-order valence-electron chi connectivity index (χ3n) is 5.66. The number of benzene rings is 2. The van der Waals surface area contributed by atoms with Crippen LogP contribution in [0.3, 0.4) is 0 Å². The fraction of sp³-hybridized carbons (Fsp3) is 0.296. The zero-order chi connectivity index (χ0) is 26.9. The lowest BCUT2D eigenvalue weighted by molar-refractivity contribution is -0.139. The van der Waals surface area contributed by atoms with Crippen LogP contribution in [0.2, 0.25) is 0 Å². The zero-order valence-electron chi connectivity index (χ0n) is 21.1. The minimum Gasteiger partial charge on any atom is -0.504 e. The standard InChI is InChI=1S/C27H27IN2O6S/c1-6-35-26(33)22-15(4)29-27-30(23(22)17-9-7-8-10-19(17)36-14(2)3)25(32)21(37-27)13-16-11-18(28)24(31)20(12-16)34-5/h7-14,23,31H,6H2,1-5H3/b21-13-/t23-/m1/s1. The molecule has 10 heteroatoms. The van der Waals surface area contributed by atoms with Crippen LogP contribution in [0.15, 0.2) is 57.5 Å². The van der Waals surface area contributed by atoms with E-state index in [1.165, 1.54) is 23.0 Å². The molecular weight excluding hydrogens is 607 g/mol. The Bertz CT molecular complexity index is 1570. The summed E-state index contributed by atoms with van der Waals surface area (Å²) in [5.41, 5.74) is 1.83. The molecule has 3 aromatic rings. The number of halogens is 1. The lowest BCUT2D eigenvalue weighted by Gasteiger charge is -2.26. The van der Waals surface area contributed by atoms with E-state index in [-0.39, 0.29) is 24.0 Å². The Morgan fingerprint density at radius 3 is 2.68 bits per heavy atom. The number of rotatable bonds is 7. The summed E-state index contributed by atoms with van der Waals surface area (Å²) in [6, 6.07) is 10.0. The highest BCUT2D eigenvalue weighted by molar-refractivity contribution is 14.1. The molecule has 0 saturated heterocycles. The third-order valence-corrected chi connectivity index (χ3v) is 7.47. The van der Waals surface area contributed by atoms with E-state index in [0.29, 0.717) is 46.8 Å². The van der Waals surface area contributed by atoms with Crippen LogP contribution in [0.5, 0.6) is 17.2 Å². The summed E-state index contributed by atoms with van der Waals surface area (Å²) in [5, 5.41) is 10.2. The number of aromatic nitrogens is 1. The van der Waals surface area contributed by atoms with E-state index in [2.05, 4.69) is 4.99 Å². The molecule has 0 radical (unpaired) electrons. The van der Waals surface area contributed by atoms with Gasteiger partial charge >= 0.3 is 5.97 Å². The Morgan fingerprint density at radius 1 is 1.27 bits per heavy atom. The van der Waals surface area contributed by atoms with Gasteiger partial charge in [-0.25, -0.2) is 9.79 Å². The number of allylic oxidation sites excluding steroid dienone is 1. The van der Waals surface area contributed by atoms with Crippen LogP contribution in [0, 0.1) is 3.57 Å². The van der Waals surface area contributed by atoms with E-state index < -0.39 is 12.0 Å². The summed E-state index contributed by atoms with van der Waals surface area (Å²) in [6.45, 7) is 7.51. The highest BCUT2D eigenvalue weighted by Crippen LogP contribution is 2.36. The first-order valence-electron chi connectivity index (χ1n) is 11.7. The largest absolute Gasteiger partial charge is 0.504 e. The van der Waals surface area contributed by atoms with Gasteiger partial charge < -0.3 is 19.3 Å². The summed E-state index contributed by atoms with van der Waals surface area (Å²) in [7, 11) is 1.47. The number of ether oxygens (including phenoxy) is 3. The number of methoxy groups -OCH3 is 1. The van der Waals surface area contributed by atoms with Crippen LogP contribution in [-0.2, 0) is 9.53 Å². The molecule has 4 rings (SSSR count). The van der Waals surface area contributed by atoms with Crippen molar-refractivity contribution in [1.29, 1.82) is 0 Å². The second-order valence-corrected chi connectivity index (χ2v) is 10.7. The van der Waals surface area contributed by atoms with E-state index in [1.54, 1.807) is 32.1 Å². The number of hydrogen-bond donors (Lipinski definition) is 1. The Kier molecular flexibility index (Phi) is 8.08. The maximum absolute atomic E-state index is 13.9. The number of esters is 1. The Hall–Kier alpha value is -3.12. The van der Waals surface area contributed by atoms with Crippen LogP contribution in [0.4, 0.5) is 0 Å². The maximum Gasteiger partial charge on any atom is 0.338 e. The molecule has 0 aliphatic carbocycles. The van der Waals surface area contributed by atoms with Gasteiger partial charge in [0, 0.05) is 5.56 Å². The molecule has 0 saturated carbocycles. The molecule has 1 aromatic heterocycles. The fourth-order valence-electron chi connectivity index (χ4n) is 4.14. The number of aromatic hydroxyl groups is 1. The number of phenolic OH excluding ortho intramolecular Hbond substituents is 1. The molecule has 1 N–H and O–H groups in total. The first-order chi connectivity index (χ1) is 17.7. The van der Waals surface area contributed by atoms with Crippen LogP contribution >= 0.6 is 33.9 Å². The molecule has 1 aliphatic rings. The lowest BCUT2D eigenvalue weighted by atomic mass is 9.95. The monoisotopic (exact) mass is 634 g/mol. The summed E-state index contributed by atoms with van der Waals surface area (Å²) < 4.78 is 19.3. The Morgan fingerprint density at radius 2 is 2.00 bits per heavy atom. The van der Waals surface area contributed by atoms with E-state index in [0.717, 1.165) is 0 Å². The quantitative estimate of drug-likeness (QED) is 0.313. The fourth-order valence-corrected chi connectivity index (χ4v) is 5.81. The molecule has 2 aromatic carbocycles. The molecule has 37 heavy (non-hydrogen) atoms. The Balaban J connectivity index is 1.98. The van der Waals surface area contributed by atoms with Crippen LogP contribution in [-0.4, -0.2) is 35.5 Å². The van der Waals surface area contributed by atoms with Crippen molar-refractivity contribution >= 4 is 46.0 Å². The number of nitrogens with zero attached hydrogens (tertiary/aromatic N) is 2. The van der Waals surface area contributed by atoms with Crippen molar-refractivity contribution in [2.24, 2.45) is 4.99 Å². The first kappa shape index (κ1) is 26.9. The second-order valence-electron chi connectivity index (χ2n) is 8.56. The topological polar surface area (TPSA) is 99.4 Å². The molecule has 0 spiro atoms. The number of fused-ring (bicyclic) bond motifs is 1. The Labute approximate surface area is 231 Å². The van der Waals surface area contributed by atoms with Crippen molar-refractivity contribution in [3.05, 3.63) is 82.1 Å². The van der Waals surface area contributed by atoms with Crippen LogP contribution < -0.4 is 24.4 Å². The predicted octanol–water partition coefficient (Wildman–Crippen LogP) is 3.90. The second kappa shape index (κ2) is 11.1. The highest BCUT2D eigenvalue weighted by atomic mass is 127. The van der Waals surface area contributed by atoms with Crippen molar-refractivity contribution in [1.82, 2.24) is 4.57 Å². The molecule has 1 aliphatic heterocycles. The number of carbonyl (C=O) groups is 1. The first-order valence-corrected chi connectivity index (χ1v) is 13.6. The molecule has 8 nitrogen and oxygen atoms in total. The molecule has 1 atom stereocenters. The molecule has 0 unspecified atom stereocenters. The van der Waals surface area contributed by atoms with E-state index in [4.69, 9.17) is 14.2 Å². The van der Waals surface area contributed by atoms with Gasteiger partial charge in [-0.05, 0) is 80.1 Å². The number of thiazole rings is 1. The van der Waals surface area contributed by atoms with E-state index >= 15 is 0 Å². The van der Waals surface area contributed by atoms with Crippen molar-refractivity contribution in [3.8, 4) is 17.2 Å². The average molecular weight is 634 g/mol. The van der Waals surface area contributed by atoms with Gasteiger partial charge in [0.05, 0.1) is 39.2 Å². The van der Waals surface area contributed by atoms with Gasteiger partial charge in [-0.2, -0.15) is 0 Å². The van der Waals surface area contributed by atoms with E-state index in [9.17, 15) is 14.7 Å². The average Bonchev–Trinajstić information content (AvgIpc) is 3.14. The molecule has 0 amide bonds.